The number of nitrogens with one attached hydrogen (secondary N) is 1. The minimum absolute atomic E-state index is 0. The molecule has 0 aromatic heterocycles. The van der Waals surface area contributed by atoms with Crippen LogP contribution in [0.1, 0.15) is 236 Å². The molecule has 1 aliphatic heterocycles. The number of unbranched alkanes of at least 4 members (excludes halogenated alkanes) is 28. The molecule has 18 heteroatoms. The average molecular weight is 1170 g/mol. The van der Waals surface area contributed by atoms with E-state index in [0.717, 1.165) is 48.5 Å². The normalized spacial score (nSPS) is 18.1. The summed E-state index contributed by atoms with van der Waals surface area (Å²) in [5, 5.41) is 24.7. The molecule has 416 valence electrons. The smallest absolute Gasteiger partial charge is 0.748 e. The van der Waals surface area contributed by atoms with Crippen molar-refractivity contribution in [3.8, 4) is 0 Å². The van der Waals surface area contributed by atoms with Gasteiger partial charge >= 0.3 is 47.5 Å². The van der Waals surface area contributed by atoms with E-state index in [4.69, 9.17) is 23.7 Å². The number of amides is 1. The minimum atomic E-state index is -5.03. The maximum absolute atomic E-state index is 13.1. The number of carbonyl (C=O) groups is 4. The SMILES string of the molecule is CCCCCCCCCCCCCCCCCC(=O)OCC(COC1OC(CS(=O)(=O)[O-])C(OC(=O)CCNC(=O)c2ccc(I)cc2)C(O)C1O)OC(=O)CCCCCCCCCCCCCCCCC.[Na+]. The van der Waals surface area contributed by atoms with Gasteiger partial charge in [0, 0.05) is 28.5 Å². The molecule has 0 saturated carbocycles. The van der Waals surface area contributed by atoms with Gasteiger partial charge in [0.2, 0.25) is 0 Å². The number of hydrogen-bond donors (Lipinski definition) is 3. The Labute approximate surface area is 475 Å². The van der Waals surface area contributed by atoms with E-state index in [1.165, 1.54) is 135 Å². The first kappa shape index (κ1) is 69.6. The molecule has 1 amide bonds. The quantitative estimate of drug-likeness (QED) is 0.0140. The molecule has 0 radical (unpaired) electrons. The van der Waals surface area contributed by atoms with Gasteiger partial charge in [-0.25, -0.2) is 8.42 Å². The van der Waals surface area contributed by atoms with Gasteiger partial charge in [0.25, 0.3) is 5.91 Å². The van der Waals surface area contributed by atoms with Crippen molar-refractivity contribution in [2.24, 2.45) is 0 Å². The predicted octanol–water partition coefficient (Wildman–Crippen LogP) is 8.31. The molecule has 1 heterocycles. The van der Waals surface area contributed by atoms with E-state index in [0.29, 0.717) is 18.4 Å². The van der Waals surface area contributed by atoms with Crippen molar-refractivity contribution in [2.45, 2.75) is 263 Å². The molecule has 1 aromatic rings. The van der Waals surface area contributed by atoms with Crippen molar-refractivity contribution in [1.29, 1.82) is 0 Å². The van der Waals surface area contributed by atoms with Crippen LogP contribution in [0.5, 0.6) is 0 Å². The zero-order valence-corrected chi connectivity index (χ0v) is 50.0. The van der Waals surface area contributed by atoms with Gasteiger partial charge in [-0.05, 0) is 59.7 Å². The van der Waals surface area contributed by atoms with Gasteiger partial charge in [0.15, 0.2) is 18.5 Å². The van der Waals surface area contributed by atoms with Crippen LogP contribution in [0, 0.1) is 3.57 Å². The second kappa shape index (κ2) is 44.5. The van der Waals surface area contributed by atoms with Crippen LogP contribution in [0.3, 0.4) is 0 Å². The number of esters is 3. The first-order chi connectivity index (χ1) is 34.7. The molecule has 1 saturated heterocycles. The Morgan fingerprint density at radius 3 is 1.48 bits per heavy atom. The fourth-order valence-electron chi connectivity index (χ4n) is 8.82. The van der Waals surface area contributed by atoms with Gasteiger partial charge in [-0.2, -0.15) is 0 Å². The Hall–Kier alpha value is -1.42. The van der Waals surface area contributed by atoms with Crippen LogP contribution in [-0.2, 0) is 48.2 Å². The summed E-state index contributed by atoms with van der Waals surface area (Å²) in [4.78, 5) is 51.2. The number of aliphatic hydroxyl groups excluding tert-OH is 2. The minimum Gasteiger partial charge on any atom is -0.748 e. The summed E-state index contributed by atoms with van der Waals surface area (Å²) in [6, 6.07) is 6.71. The van der Waals surface area contributed by atoms with E-state index in [9.17, 15) is 42.4 Å². The number of hydrogen-bond acceptors (Lipinski definition) is 14. The molecule has 6 unspecified atom stereocenters. The van der Waals surface area contributed by atoms with E-state index in [1.807, 2.05) is 0 Å². The molecule has 2 rings (SSSR count). The molecule has 1 fully saturated rings. The van der Waals surface area contributed by atoms with Gasteiger partial charge in [-0.1, -0.05) is 194 Å². The van der Waals surface area contributed by atoms with Crippen LogP contribution in [0.15, 0.2) is 24.3 Å². The third kappa shape index (κ3) is 36.3. The Bertz CT molecular complexity index is 1690. The first-order valence-electron chi connectivity index (χ1n) is 27.9. The fourth-order valence-corrected chi connectivity index (χ4v) is 9.85. The molecule has 3 N–H and O–H groups in total. The number of rotatable bonds is 45. The Morgan fingerprint density at radius 1 is 0.616 bits per heavy atom. The summed E-state index contributed by atoms with van der Waals surface area (Å²) in [6.07, 6.45) is 25.2. The van der Waals surface area contributed by atoms with Gasteiger partial charge in [0.05, 0.1) is 28.9 Å². The van der Waals surface area contributed by atoms with Crippen LogP contribution in [0.2, 0.25) is 0 Å². The van der Waals surface area contributed by atoms with Crippen molar-refractivity contribution in [3.05, 3.63) is 33.4 Å². The maximum Gasteiger partial charge on any atom is 1.00 e. The van der Waals surface area contributed by atoms with Crippen molar-refractivity contribution in [1.82, 2.24) is 5.32 Å². The second-order valence-electron chi connectivity index (χ2n) is 19.7. The predicted molar refractivity (Wildman–Crippen MR) is 287 cm³/mol. The standard InChI is InChI=1S/C55H94INO14S.Na/c1-3-5-7-9-11-13-15-17-19-21-23-25-27-29-31-33-48(58)67-41-46(69-49(59)34-32-30-28-26-24-22-20-18-16-14-12-10-8-6-4-2)42-68-55-52(62)51(61)53(47(70-55)43-72(64,65)66)71-50(60)39-40-57-54(63)44-35-37-45(56)38-36-44;/h35-38,46-47,51-53,55,61-62H,3-34,39-43H2,1-2H3,(H,57,63)(H,64,65,66);/q;+1/p-1. The molecule has 0 aliphatic carbocycles. The van der Waals surface area contributed by atoms with Crippen LogP contribution in [0.25, 0.3) is 0 Å². The molecule has 1 aromatic carbocycles. The molecule has 0 spiro atoms. The van der Waals surface area contributed by atoms with Crippen molar-refractivity contribution in [3.63, 3.8) is 0 Å². The van der Waals surface area contributed by atoms with E-state index in [-0.39, 0.29) is 55.6 Å². The van der Waals surface area contributed by atoms with Crippen LogP contribution in [0.4, 0.5) is 0 Å². The largest absolute Gasteiger partial charge is 1.00 e. The van der Waals surface area contributed by atoms with Crippen molar-refractivity contribution >= 4 is 56.5 Å². The summed E-state index contributed by atoms with van der Waals surface area (Å²) >= 11 is 2.10. The topological polar surface area (TPSA) is 224 Å². The molecule has 73 heavy (non-hydrogen) atoms. The van der Waals surface area contributed by atoms with Gasteiger partial charge < -0.3 is 43.8 Å². The summed E-state index contributed by atoms with van der Waals surface area (Å²) in [5.74, 6) is -3.68. The third-order valence-corrected chi connectivity index (χ3v) is 14.6. The van der Waals surface area contributed by atoms with E-state index >= 15 is 0 Å². The van der Waals surface area contributed by atoms with E-state index < -0.39 is 89.5 Å². The number of halogens is 1. The summed E-state index contributed by atoms with van der Waals surface area (Å²) in [7, 11) is -5.03. The average Bonchev–Trinajstić information content (AvgIpc) is 3.34. The zero-order chi connectivity index (χ0) is 52.7. The van der Waals surface area contributed by atoms with E-state index in [1.54, 1.807) is 24.3 Å². The molecule has 1 aliphatic rings. The van der Waals surface area contributed by atoms with Gasteiger partial charge in [-0.15, -0.1) is 0 Å². The van der Waals surface area contributed by atoms with E-state index in [2.05, 4.69) is 41.8 Å². The van der Waals surface area contributed by atoms with Crippen LogP contribution < -0.4 is 34.9 Å². The Balaban J connectivity index is 0.0000266. The molecule has 15 nitrogen and oxygen atoms in total. The third-order valence-electron chi connectivity index (χ3n) is 13.1. The van der Waals surface area contributed by atoms with Gasteiger partial charge in [-0.3, -0.25) is 19.2 Å². The number of ether oxygens (including phenoxy) is 5. The Morgan fingerprint density at radius 2 is 1.04 bits per heavy atom. The van der Waals surface area contributed by atoms with Crippen molar-refractivity contribution < 1.29 is 95.6 Å². The molecule has 6 atom stereocenters. The van der Waals surface area contributed by atoms with Crippen LogP contribution >= 0.6 is 22.6 Å². The fraction of sp³-hybridized carbons (Fsp3) is 0.818. The molecular formula is C55H93INNaO14S. The molecular weight excluding hydrogens is 1080 g/mol. The maximum atomic E-state index is 13.1. The summed E-state index contributed by atoms with van der Waals surface area (Å²) in [6.45, 7) is 3.45. The Kier molecular flexibility index (Phi) is 42.5. The number of carbonyl (C=O) groups excluding carboxylic acids is 4. The summed E-state index contributed by atoms with van der Waals surface area (Å²) in [5.41, 5.74) is 0.362. The zero-order valence-electron chi connectivity index (χ0n) is 45.0. The molecule has 0 bridgehead atoms. The summed E-state index contributed by atoms with van der Waals surface area (Å²) < 4.78 is 64.6. The first-order valence-corrected chi connectivity index (χ1v) is 30.5. The van der Waals surface area contributed by atoms with Crippen LogP contribution in [-0.4, -0.2) is 109 Å². The van der Waals surface area contributed by atoms with Gasteiger partial charge in [0.1, 0.15) is 24.9 Å². The number of benzene rings is 1. The number of aliphatic hydroxyl groups is 2. The monoisotopic (exact) mass is 1170 g/mol. The van der Waals surface area contributed by atoms with Crippen molar-refractivity contribution in [2.75, 3.05) is 25.5 Å². The second-order valence-corrected chi connectivity index (χ2v) is 22.4.